The van der Waals surface area contributed by atoms with Crippen LogP contribution in [0.1, 0.15) is 70.7 Å². The smallest absolute Gasteiger partial charge is 0.269 e. The lowest BCUT2D eigenvalue weighted by atomic mass is 9.69. The molecule has 2 N–H and O–H groups in total. The van der Waals surface area contributed by atoms with Crippen molar-refractivity contribution in [2.24, 2.45) is 0 Å². The fraction of sp³-hybridized carbons (Fsp3) is 0.257. The van der Waals surface area contributed by atoms with Crippen LogP contribution in [-0.2, 0) is 18.3 Å². The van der Waals surface area contributed by atoms with Crippen LogP contribution < -0.4 is 0 Å². The Morgan fingerprint density at radius 1 is 0.690 bits per heavy atom. The molecule has 0 aliphatic heterocycles. The topological polar surface area (TPSA) is 118 Å². The minimum absolute atomic E-state index is 0.00294. The number of nitro benzene ring substituents is 1. The number of Topliss-reactive ketones (excluding diaryl/α,β-unsaturated/α-hetero) is 2. The summed E-state index contributed by atoms with van der Waals surface area (Å²) in [5, 5.41) is 32.3. The van der Waals surface area contributed by atoms with Crippen LogP contribution in [0.15, 0.2) is 91.0 Å². The Hall–Kier alpha value is -4.46. The van der Waals surface area contributed by atoms with Crippen molar-refractivity contribution >= 4 is 17.3 Å². The first-order valence-electron chi connectivity index (χ1n) is 13.8. The highest BCUT2D eigenvalue weighted by Gasteiger charge is 2.44. The molecular formula is C35H33NO6. The van der Waals surface area contributed by atoms with Crippen LogP contribution >= 0.6 is 0 Å². The van der Waals surface area contributed by atoms with Crippen molar-refractivity contribution in [3.05, 3.63) is 134 Å². The third kappa shape index (κ3) is 5.29. The number of nitrogens with zero attached hydrogens (tertiary/aromatic N) is 1. The van der Waals surface area contributed by atoms with E-state index in [-0.39, 0.29) is 22.2 Å². The van der Waals surface area contributed by atoms with Gasteiger partial charge in [0.2, 0.25) is 0 Å². The number of carbonyl (C=O) groups is 2. The van der Waals surface area contributed by atoms with E-state index >= 15 is 0 Å². The summed E-state index contributed by atoms with van der Waals surface area (Å²) < 4.78 is 0. The van der Waals surface area contributed by atoms with Gasteiger partial charge in [0.05, 0.1) is 4.92 Å². The molecule has 0 fully saturated rings. The van der Waals surface area contributed by atoms with Crippen molar-refractivity contribution in [2.45, 2.75) is 57.2 Å². The standard InChI is InChI=1S/C35H33NO6/c1-33(2,39)31(37)24-13-9-22(10-14-24)20-35(21-23-11-15-25(16-12-23)32(38)34(3,4)40)29-8-6-5-7-27(29)28-18-17-26(36(41)42)19-30(28)35/h5-19,39-40H,20-21H2,1-4H3. The number of rotatable bonds is 9. The molecule has 214 valence electrons. The van der Waals surface area contributed by atoms with Crippen LogP contribution in [0.4, 0.5) is 5.69 Å². The first-order chi connectivity index (χ1) is 19.7. The molecule has 0 bridgehead atoms. The second kappa shape index (κ2) is 10.4. The van der Waals surface area contributed by atoms with Gasteiger partial charge >= 0.3 is 0 Å². The second-order valence-corrected chi connectivity index (χ2v) is 12.1. The van der Waals surface area contributed by atoms with Crippen molar-refractivity contribution in [2.75, 3.05) is 0 Å². The maximum Gasteiger partial charge on any atom is 0.269 e. The lowest BCUT2D eigenvalue weighted by Crippen LogP contribution is -2.32. The zero-order chi connectivity index (χ0) is 30.4. The van der Waals surface area contributed by atoms with Gasteiger partial charge in [-0.3, -0.25) is 19.7 Å². The Morgan fingerprint density at radius 3 is 1.60 bits per heavy atom. The monoisotopic (exact) mass is 563 g/mol. The third-order valence-corrected chi connectivity index (χ3v) is 8.02. The van der Waals surface area contributed by atoms with Gasteiger partial charge in [-0.2, -0.15) is 0 Å². The molecule has 0 saturated carbocycles. The lowest BCUT2D eigenvalue weighted by molar-refractivity contribution is -0.384. The molecule has 7 nitrogen and oxygen atoms in total. The molecule has 0 saturated heterocycles. The van der Waals surface area contributed by atoms with E-state index in [1.807, 2.05) is 48.5 Å². The predicted molar refractivity (Wildman–Crippen MR) is 161 cm³/mol. The van der Waals surface area contributed by atoms with Crippen LogP contribution in [0.3, 0.4) is 0 Å². The maximum atomic E-state index is 12.6. The van der Waals surface area contributed by atoms with Crippen LogP contribution in [0.2, 0.25) is 0 Å². The largest absolute Gasteiger partial charge is 0.382 e. The number of aliphatic hydroxyl groups is 2. The number of ketones is 2. The highest BCUT2D eigenvalue weighted by Crippen LogP contribution is 2.53. The number of non-ortho nitro benzene ring substituents is 1. The van der Waals surface area contributed by atoms with Crippen molar-refractivity contribution < 1.29 is 24.7 Å². The van der Waals surface area contributed by atoms with E-state index in [1.165, 1.54) is 33.8 Å². The molecule has 0 heterocycles. The van der Waals surface area contributed by atoms with E-state index < -0.39 is 16.6 Å². The Balaban J connectivity index is 1.64. The molecule has 5 rings (SSSR count). The van der Waals surface area contributed by atoms with Gasteiger partial charge in [0.1, 0.15) is 11.2 Å². The van der Waals surface area contributed by atoms with Gasteiger partial charge in [-0.15, -0.1) is 0 Å². The molecule has 42 heavy (non-hydrogen) atoms. The van der Waals surface area contributed by atoms with Gasteiger partial charge in [-0.25, -0.2) is 0 Å². The zero-order valence-electron chi connectivity index (χ0n) is 24.0. The van der Waals surface area contributed by atoms with Crippen LogP contribution in [0, 0.1) is 10.1 Å². The molecule has 0 atom stereocenters. The number of hydrogen-bond acceptors (Lipinski definition) is 6. The normalized spacial score (nSPS) is 13.8. The van der Waals surface area contributed by atoms with E-state index in [9.17, 15) is 29.9 Å². The highest BCUT2D eigenvalue weighted by molar-refractivity contribution is 6.02. The number of nitro groups is 1. The van der Waals surface area contributed by atoms with Gasteiger partial charge in [-0.1, -0.05) is 72.8 Å². The molecule has 0 aromatic heterocycles. The van der Waals surface area contributed by atoms with Crippen LogP contribution in [-0.4, -0.2) is 37.9 Å². The Labute approximate surface area is 244 Å². The Kier molecular flexibility index (Phi) is 7.21. The average Bonchev–Trinajstić information content (AvgIpc) is 3.21. The molecule has 4 aromatic rings. The minimum Gasteiger partial charge on any atom is -0.382 e. The van der Waals surface area contributed by atoms with Gasteiger partial charge in [-0.05, 0) is 80.0 Å². The van der Waals surface area contributed by atoms with Crippen LogP contribution in [0.5, 0.6) is 0 Å². The minimum atomic E-state index is -1.50. The molecule has 7 heteroatoms. The van der Waals surface area contributed by atoms with E-state index in [2.05, 4.69) is 6.07 Å². The van der Waals surface area contributed by atoms with Gasteiger partial charge < -0.3 is 10.2 Å². The molecule has 1 aliphatic rings. The van der Waals surface area contributed by atoms with E-state index in [4.69, 9.17) is 0 Å². The van der Waals surface area contributed by atoms with E-state index in [0.717, 1.165) is 33.4 Å². The van der Waals surface area contributed by atoms with Crippen LogP contribution in [0.25, 0.3) is 11.1 Å². The van der Waals surface area contributed by atoms with Crippen molar-refractivity contribution in [1.29, 1.82) is 0 Å². The molecule has 0 amide bonds. The summed E-state index contributed by atoms with van der Waals surface area (Å²) in [7, 11) is 0. The zero-order valence-corrected chi connectivity index (χ0v) is 24.0. The van der Waals surface area contributed by atoms with Crippen molar-refractivity contribution in [3.8, 4) is 11.1 Å². The SMILES string of the molecule is CC(C)(O)C(=O)c1ccc(CC2(Cc3ccc(C(=O)C(C)(C)O)cc3)c3ccccc3-c3ccc([N+](=O)[O-])cc32)cc1. The lowest BCUT2D eigenvalue weighted by Gasteiger charge is -2.33. The maximum absolute atomic E-state index is 12.6. The molecule has 1 aliphatic carbocycles. The van der Waals surface area contributed by atoms with Crippen molar-refractivity contribution in [3.63, 3.8) is 0 Å². The summed E-state index contributed by atoms with van der Waals surface area (Å²) in [4.78, 5) is 36.8. The van der Waals surface area contributed by atoms with Crippen molar-refractivity contribution in [1.82, 2.24) is 0 Å². The molecule has 0 unspecified atom stereocenters. The number of fused-ring (bicyclic) bond motifs is 3. The molecule has 4 aromatic carbocycles. The third-order valence-electron chi connectivity index (χ3n) is 8.02. The number of benzene rings is 4. The Bertz CT molecular complexity index is 1620. The fourth-order valence-electron chi connectivity index (χ4n) is 5.95. The van der Waals surface area contributed by atoms with Gasteiger partial charge in [0, 0.05) is 28.7 Å². The van der Waals surface area contributed by atoms with Gasteiger partial charge in [0.15, 0.2) is 11.6 Å². The molecular weight excluding hydrogens is 530 g/mol. The summed E-state index contributed by atoms with van der Waals surface area (Å²) in [6, 6.07) is 27.3. The van der Waals surface area contributed by atoms with E-state index in [1.54, 1.807) is 30.3 Å². The van der Waals surface area contributed by atoms with E-state index in [0.29, 0.717) is 24.0 Å². The fourth-order valence-corrected chi connectivity index (χ4v) is 5.95. The summed E-state index contributed by atoms with van der Waals surface area (Å²) in [5.74, 6) is -0.756. The van der Waals surface area contributed by atoms with Gasteiger partial charge in [0.25, 0.3) is 5.69 Å². The molecule has 0 radical (unpaired) electrons. The summed E-state index contributed by atoms with van der Waals surface area (Å²) in [5.41, 5.74) is 2.77. The quantitative estimate of drug-likeness (QED) is 0.141. The first kappa shape index (κ1) is 29.0. The Morgan fingerprint density at radius 2 is 1.14 bits per heavy atom. The first-order valence-corrected chi connectivity index (χ1v) is 13.8. The average molecular weight is 564 g/mol. The summed E-state index contributed by atoms with van der Waals surface area (Å²) in [6.45, 7) is 5.83. The molecule has 0 spiro atoms. The summed E-state index contributed by atoms with van der Waals surface area (Å²) in [6.07, 6.45) is 0.971. The highest BCUT2D eigenvalue weighted by atomic mass is 16.6. The number of carbonyl (C=O) groups excluding carboxylic acids is 2. The second-order valence-electron chi connectivity index (χ2n) is 12.1. The summed E-state index contributed by atoms with van der Waals surface area (Å²) >= 11 is 0. The number of hydrogen-bond donors (Lipinski definition) is 2. The predicted octanol–water partition coefficient (Wildman–Crippen LogP) is 6.25.